The molecule has 104 valence electrons. The van der Waals surface area contributed by atoms with Gasteiger partial charge >= 0.3 is 0 Å². The number of carbonyl (C=O) groups is 1. The van der Waals surface area contributed by atoms with Crippen molar-refractivity contribution < 1.29 is 9.53 Å². The molecular weight excluding hydrogens is 214 g/mol. The van der Waals surface area contributed by atoms with Crippen molar-refractivity contribution >= 4 is 5.91 Å². The number of hydrogen-bond acceptors (Lipinski definition) is 2. The molecule has 1 amide bonds. The highest BCUT2D eigenvalue weighted by Crippen LogP contribution is 1.99. The second-order valence-electron chi connectivity index (χ2n) is 3.86. The van der Waals surface area contributed by atoms with Gasteiger partial charge < -0.3 is 10.1 Å². The van der Waals surface area contributed by atoms with Gasteiger partial charge in [-0.15, -0.1) is 0 Å². The van der Waals surface area contributed by atoms with E-state index >= 15 is 0 Å². The van der Waals surface area contributed by atoms with E-state index in [1.54, 1.807) is 7.11 Å². The van der Waals surface area contributed by atoms with Gasteiger partial charge in [0.2, 0.25) is 5.91 Å². The van der Waals surface area contributed by atoms with Crippen LogP contribution in [0.3, 0.4) is 0 Å². The van der Waals surface area contributed by atoms with Gasteiger partial charge in [-0.25, -0.2) is 0 Å². The molecule has 0 saturated heterocycles. The van der Waals surface area contributed by atoms with Crippen molar-refractivity contribution in [3.8, 4) is 0 Å². The van der Waals surface area contributed by atoms with Crippen molar-refractivity contribution in [1.29, 1.82) is 0 Å². The number of carbonyl (C=O) groups excluding carboxylic acids is 1. The van der Waals surface area contributed by atoms with Crippen LogP contribution >= 0.6 is 0 Å². The van der Waals surface area contributed by atoms with Crippen LogP contribution in [0, 0.1) is 0 Å². The lowest BCUT2D eigenvalue weighted by Gasteiger charge is -2.04. The van der Waals surface area contributed by atoms with Crippen LogP contribution in [0.5, 0.6) is 0 Å². The van der Waals surface area contributed by atoms with Crippen LogP contribution in [0.15, 0.2) is 0 Å². The summed E-state index contributed by atoms with van der Waals surface area (Å²) in [5.41, 5.74) is 0. The van der Waals surface area contributed by atoms with Gasteiger partial charge in [0.05, 0.1) is 0 Å². The van der Waals surface area contributed by atoms with Gasteiger partial charge in [0.1, 0.15) is 0 Å². The number of unbranched alkanes of at least 4 members (excludes halogenated alkanes) is 4. The number of nitrogens with one attached hydrogen (secondary N) is 1. The number of methoxy groups -OCH3 is 1. The van der Waals surface area contributed by atoms with Gasteiger partial charge in [-0.05, 0) is 19.3 Å². The minimum Gasteiger partial charge on any atom is -0.385 e. The largest absolute Gasteiger partial charge is 0.385 e. The van der Waals surface area contributed by atoms with E-state index < -0.39 is 0 Å². The fraction of sp³-hybridized carbons (Fsp3) is 0.929. The van der Waals surface area contributed by atoms with Gasteiger partial charge in [0, 0.05) is 26.7 Å². The molecule has 0 aromatic heterocycles. The summed E-state index contributed by atoms with van der Waals surface area (Å²) in [4.78, 5) is 11.2. The van der Waals surface area contributed by atoms with Crippen LogP contribution in [0.25, 0.3) is 0 Å². The summed E-state index contributed by atoms with van der Waals surface area (Å²) in [5.74, 6) is 0.203. The van der Waals surface area contributed by atoms with Gasteiger partial charge in [-0.2, -0.15) is 0 Å². The van der Waals surface area contributed by atoms with E-state index in [-0.39, 0.29) is 5.91 Å². The average molecular weight is 245 g/mol. The SMILES string of the molecule is CC.CCCCC(=O)NCCCCCCOC. The Morgan fingerprint density at radius 3 is 2.29 bits per heavy atom. The molecule has 0 fully saturated rings. The van der Waals surface area contributed by atoms with Crippen LogP contribution in [-0.4, -0.2) is 26.2 Å². The van der Waals surface area contributed by atoms with E-state index in [0.717, 1.165) is 38.8 Å². The van der Waals surface area contributed by atoms with Gasteiger partial charge in [0.15, 0.2) is 0 Å². The zero-order valence-corrected chi connectivity index (χ0v) is 12.2. The van der Waals surface area contributed by atoms with Gasteiger partial charge in [-0.1, -0.05) is 40.0 Å². The molecule has 0 aliphatic rings. The lowest BCUT2D eigenvalue weighted by atomic mass is 10.2. The molecule has 0 spiro atoms. The maximum atomic E-state index is 11.2. The number of hydrogen-bond donors (Lipinski definition) is 1. The van der Waals surface area contributed by atoms with E-state index in [1.165, 1.54) is 12.8 Å². The van der Waals surface area contributed by atoms with E-state index in [1.807, 2.05) is 13.8 Å². The fourth-order valence-electron chi connectivity index (χ4n) is 1.38. The predicted molar refractivity (Wildman–Crippen MR) is 74.2 cm³/mol. The quantitative estimate of drug-likeness (QED) is 0.598. The molecule has 0 radical (unpaired) electrons. The monoisotopic (exact) mass is 245 g/mol. The Labute approximate surface area is 107 Å². The Bertz CT molecular complexity index is 149. The Hall–Kier alpha value is -0.570. The first-order valence-corrected chi connectivity index (χ1v) is 7.07. The summed E-state index contributed by atoms with van der Waals surface area (Å²) in [6, 6.07) is 0. The van der Waals surface area contributed by atoms with Crippen molar-refractivity contribution in [3.63, 3.8) is 0 Å². The summed E-state index contributed by atoms with van der Waals surface area (Å²) in [6.45, 7) is 7.78. The highest BCUT2D eigenvalue weighted by atomic mass is 16.5. The average Bonchev–Trinajstić information content (AvgIpc) is 2.37. The van der Waals surface area contributed by atoms with Crippen molar-refractivity contribution in [1.82, 2.24) is 5.32 Å². The molecule has 0 atom stereocenters. The van der Waals surface area contributed by atoms with Gasteiger partial charge in [0.25, 0.3) is 0 Å². The molecule has 1 N–H and O–H groups in total. The summed E-state index contributed by atoms with van der Waals surface area (Å²) < 4.78 is 4.96. The van der Waals surface area contributed by atoms with E-state index in [9.17, 15) is 4.79 Å². The zero-order valence-electron chi connectivity index (χ0n) is 12.2. The maximum absolute atomic E-state index is 11.2. The van der Waals surface area contributed by atoms with Crippen molar-refractivity contribution in [2.24, 2.45) is 0 Å². The van der Waals surface area contributed by atoms with Crippen LogP contribution in [0.4, 0.5) is 0 Å². The molecule has 0 aliphatic heterocycles. The van der Waals surface area contributed by atoms with Crippen LogP contribution in [-0.2, 0) is 9.53 Å². The molecule has 0 aliphatic carbocycles. The molecule has 3 heteroatoms. The third-order valence-corrected chi connectivity index (χ3v) is 2.35. The van der Waals surface area contributed by atoms with Gasteiger partial charge in [-0.3, -0.25) is 4.79 Å². The lowest BCUT2D eigenvalue weighted by Crippen LogP contribution is -2.23. The first-order valence-electron chi connectivity index (χ1n) is 7.07. The highest BCUT2D eigenvalue weighted by molar-refractivity contribution is 5.75. The molecule has 0 aromatic rings. The standard InChI is InChI=1S/C12H25NO2.C2H6/c1-3-4-9-12(14)13-10-7-5-6-8-11-15-2;1-2/h3-11H2,1-2H3,(H,13,14);1-2H3. The smallest absolute Gasteiger partial charge is 0.219 e. The molecule has 3 nitrogen and oxygen atoms in total. The molecule has 0 aromatic carbocycles. The molecule has 0 heterocycles. The minimum atomic E-state index is 0.203. The summed E-state index contributed by atoms with van der Waals surface area (Å²) in [7, 11) is 1.73. The normalized spacial score (nSPS) is 9.41. The molecule has 0 bridgehead atoms. The first-order chi connectivity index (χ1) is 8.31. The maximum Gasteiger partial charge on any atom is 0.219 e. The molecule has 0 saturated carbocycles. The number of amides is 1. The molecular formula is C14H31NO2. The van der Waals surface area contributed by atoms with Crippen LogP contribution in [0.2, 0.25) is 0 Å². The Morgan fingerprint density at radius 2 is 1.71 bits per heavy atom. The summed E-state index contributed by atoms with van der Waals surface area (Å²) in [5, 5.41) is 2.94. The van der Waals surface area contributed by atoms with Crippen LogP contribution in [0.1, 0.15) is 65.7 Å². The Balaban J connectivity index is 0. The second kappa shape index (κ2) is 17.8. The van der Waals surface area contributed by atoms with E-state index in [4.69, 9.17) is 4.74 Å². The van der Waals surface area contributed by atoms with E-state index in [0.29, 0.717) is 6.42 Å². The number of rotatable bonds is 10. The van der Waals surface area contributed by atoms with Crippen molar-refractivity contribution in [2.75, 3.05) is 20.3 Å². The first kappa shape index (κ1) is 18.8. The Kier molecular flexibility index (Phi) is 19.7. The van der Waals surface area contributed by atoms with Crippen LogP contribution < -0.4 is 5.32 Å². The fourth-order valence-corrected chi connectivity index (χ4v) is 1.38. The third-order valence-electron chi connectivity index (χ3n) is 2.35. The van der Waals surface area contributed by atoms with E-state index in [2.05, 4.69) is 12.2 Å². The Morgan fingerprint density at radius 1 is 1.06 bits per heavy atom. The molecule has 17 heavy (non-hydrogen) atoms. The highest BCUT2D eigenvalue weighted by Gasteiger charge is 1.98. The minimum absolute atomic E-state index is 0.203. The lowest BCUT2D eigenvalue weighted by molar-refractivity contribution is -0.121. The summed E-state index contributed by atoms with van der Waals surface area (Å²) >= 11 is 0. The predicted octanol–water partition coefficient (Wildman–Crippen LogP) is 3.53. The second-order valence-corrected chi connectivity index (χ2v) is 3.86. The topological polar surface area (TPSA) is 38.3 Å². The molecule has 0 unspecified atom stereocenters. The molecule has 0 rings (SSSR count). The third kappa shape index (κ3) is 18.0. The van der Waals surface area contributed by atoms with Crippen molar-refractivity contribution in [2.45, 2.75) is 65.7 Å². The van der Waals surface area contributed by atoms with Crippen molar-refractivity contribution in [3.05, 3.63) is 0 Å². The zero-order chi connectivity index (χ0) is 13.4. The summed E-state index contributed by atoms with van der Waals surface area (Å²) in [6.07, 6.45) is 7.35. The number of ether oxygens (including phenoxy) is 1.